The summed E-state index contributed by atoms with van der Waals surface area (Å²) in [5.41, 5.74) is 1.11. The van der Waals surface area contributed by atoms with Gasteiger partial charge < -0.3 is 43.7 Å². The van der Waals surface area contributed by atoms with E-state index in [0.29, 0.717) is 108 Å². The molecule has 15 heteroatoms. The first-order chi connectivity index (χ1) is 35.5. The molecule has 1 aromatic carbocycles. The normalized spacial score (nSPS) is 28.8. The molecule has 6 aliphatic rings. The van der Waals surface area contributed by atoms with Gasteiger partial charge in [0.25, 0.3) is 0 Å². The fourth-order valence-electron chi connectivity index (χ4n) is 13.2. The summed E-state index contributed by atoms with van der Waals surface area (Å²) in [6.45, 7) is 11.8. The second-order valence-corrected chi connectivity index (χ2v) is 22.2. The van der Waals surface area contributed by atoms with Crippen LogP contribution in [0.4, 0.5) is 0 Å². The molecule has 0 radical (unpaired) electrons. The molecule has 7 rings (SSSR count). The van der Waals surface area contributed by atoms with Crippen LogP contribution in [0.2, 0.25) is 0 Å². The number of benzene rings is 1. The van der Waals surface area contributed by atoms with Crippen LogP contribution in [0.3, 0.4) is 0 Å². The molecule has 0 spiro atoms. The number of hydrogen-bond acceptors (Lipinski definition) is 14. The minimum Gasteiger partial charge on any atom is -0.482 e. The van der Waals surface area contributed by atoms with Crippen molar-refractivity contribution in [1.82, 2.24) is 0 Å². The van der Waals surface area contributed by atoms with E-state index < -0.39 is 29.7 Å². The van der Waals surface area contributed by atoms with Crippen LogP contribution >= 0.6 is 0 Å². The number of Topliss-reactive ketones (excluding diaryl/α,β-unsaturated/α-hetero) is 4. The van der Waals surface area contributed by atoms with E-state index in [-0.39, 0.29) is 84.2 Å². The van der Waals surface area contributed by atoms with Crippen molar-refractivity contribution in [3.05, 3.63) is 46.5 Å². The van der Waals surface area contributed by atoms with Crippen LogP contribution in [-0.2, 0) is 58.9 Å². The molecule has 9 atom stereocenters. The molecule has 74 heavy (non-hydrogen) atoms. The molecule has 0 aromatic heterocycles. The van der Waals surface area contributed by atoms with Crippen molar-refractivity contribution < 1.29 is 72.5 Å². The van der Waals surface area contributed by atoms with Crippen molar-refractivity contribution in [3.8, 4) is 5.75 Å². The number of cyclic esters (lactones) is 1. The van der Waals surface area contributed by atoms with Gasteiger partial charge in [0.1, 0.15) is 24.7 Å². The van der Waals surface area contributed by atoms with Crippen molar-refractivity contribution in [2.75, 3.05) is 59.5 Å². The molecule has 1 aromatic rings. The standard InChI is InChI=1S/C30H42O9.C29H44O6/c1-2-3-8-25(31)9-4-6-13-36-15-17-38-18-16-37-14-7-5-10-28(32)27-20-23-11-12-26(39-22-30(34)35)19-24(23)21-29(27)33;1-4-5-6-20(30)17-34-21-9-11-27(2)19(14-21)7-8-23-24(27)15-25(31)28(3)22(10-12-29(23,28)33)18-13-26(32)35-16-18/h11-12,19-20H,2-10,13-18,21-22H2,1H3,(H,34,35);13,19,21-25,31,33H,4-12,14-17H2,1-3H3/t;19?,21-,22+,23?,24?,25+,27-,28-,29-/m.0/s1. The highest BCUT2D eigenvalue weighted by Crippen LogP contribution is 2.70. The summed E-state index contributed by atoms with van der Waals surface area (Å²) in [5, 5.41) is 32.7. The van der Waals surface area contributed by atoms with Gasteiger partial charge in [-0.15, -0.1) is 0 Å². The number of aliphatic hydroxyl groups is 2. The van der Waals surface area contributed by atoms with E-state index in [1.54, 1.807) is 30.4 Å². The van der Waals surface area contributed by atoms with Crippen molar-refractivity contribution in [2.45, 2.75) is 180 Å². The Morgan fingerprint density at radius 1 is 0.730 bits per heavy atom. The Bertz CT molecular complexity index is 2150. The van der Waals surface area contributed by atoms with Gasteiger partial charge in [-0.25, -0.2) is 9.59 Å². The van der Waals surface area contributed by atoms with Crippen LogP contribution in [0.5, 0.6) is 5.75 Å². The Hall–Kier alpha value is -4.12. The second-order valence-electron chi connectivity index (χ2n) is 22.2. The van der Waals surface area contributed by atoms with Crippen molar-refractivity contribution in [3.63, 3.8) is 0 Å². The minimum absolute atomic E-state index is 0.0187. The van der Waals surface area contributed by atoms with Crippen LogP contribution in [-0.4, -0.2) is 128 Å². The molecule has 4 fully saturated rings. The smallest absolute Gasteiger partial charge is 0.341 e. The van der Waals surface area contributed by atoms with Crippen LogP contribution in [0.1, 0.15) is 167 Å². The lowest BCUT2D eigenvalue weighted by atomic mass is 9.42. The van der Waals surface area contributed by atoms with Gasteiger partial charge >= 0.3 is 11.9 Å². The molecule has 0 amide bonds. The number of unbranched alkanes of at least 4 members (excludes halogenated alkanes) is 4. The van der Waals surface area contributed by atoms with E-state index >= 15 is 0 Å². The maximum absolute atomic E-state index is 12.6. The fraction of sp³-hybridized carbons (Fsp3) is 0.729. The number of rotatable bonds is 30. The van der Waals surface area contributed by atoms with E-state index in [4.69, 9.17) is 33.5 Å². The van der Waals surface area contributed by atoms with E-state index in [1.807, 2.05) is 0 Å². The van der Waals surface area contributed by atoms with E-state index in [1.165, 1.54) is 0 Å². The van der Waals surface area contributed by atoms with Gasteiger partial charge in [0.2, 0.25) is 0 Å². The zero-order valence-electron chi connectivity index (χ0n) is 44.8. The van der Waals surface area contributed by atoms with E-state index in [0.717, 1.165) is 88.2 Å². The summed E-state index contributed by atoms with van der Waals surface area (Å²) < 4.78 is 33.0. The topological polar surface area (TPSA) is 218 Å². The molecule has 1 aliphatic heterocycles. The SMILES string of the molecule is CCCCC(=O)CCCCOCCOCCOCCCCC(=O)C1=Cc2ccc(OCC(=O)O)cc2CC1=O.CCCCC(=O)CO[C@H]1CC[C@@]2(C)C(CCC3C2C[C@@H](O)[C@]2(C)[C@@H](C4=CC(=O)OC4)CC[C@]32O)C1. The maximum Gasteiger partial charge on any atom is 0.341 e. The fourth-order valence-corrected chi connectivity index (χ4v) is 13.2. The number of ether oxygens (including phenoxy) is 6. The lowest BCUT2D eigenvalue weighted by Crippen LogP contribution is -2.67. The Balaban J connectivity index is 0.000000242. The summed E-state index contributed by atoms with van der Waals surface area (Å²) in [4.78, 5) is 71.2. The molecule has 0 saturated heterocycles. The van der Waals surface area contributed by atoms with Gasteiger partial charge in [0, 0.05) is 56.8 Å². The lowest BCUT2D eigenvalue weighted by molar-refractivity contribution is -0.245. The highest BCUT2D eigenvalue weighted by molar-refractivity contribution is 6.25. The van der Waals surface area contributed by atoms with Crippen LogP contribution in [0.25, 0.3) is 6.08 Å². The summed E-state index contributed by atoms with van der Waals surface area (Å²) in [5.74, 6) is 0.0471. The molecular weight excluding hydrogens is 949 g/mol. The predicted molar refractivity (Wildman–Crippen MR) is 277 cm³/mol. The molecule has 412 valence electrons. The number of esters is 1. The predicted octanol–water partition coefficient (Wildman–Crippen LogP) is 8.74. The first-order valence-corrected chi connectivity index (χ1v) is 27.9. The highest BCUT2D eigenvalue weighted by Gasteiger charge is 2.70. The largest absolute Gasteiger partial charge is 0.482 e. The van der Waals surface area contributed by atoms with Gasteiger partial charge in [-0.05, 0) is 154 Å². The number of allylic oxidation sites excluding steroid dienone is 1. The molecule has 1 heterocycles. The van der Waals surface area contributed by atoms with E-state index in [9.17, 15) is 39.0 Å². The van der Waals surface area contributed by atoms with Crippen LogP contribution in [0.15, 0.2) is 35.4 Å². The van der Waals surface area contributed by atoms with Crippen LogP contribution in [0, 0.1) is 34.5 Å². The van der Waals surface area contributed by atoms with Gasteiger partial charge in [-0.3, -0.25) is 19.2 Å². The van der Waals surface area contributed by atoms with Crippen molar-refractivity contribution in [2.24, 2.45) is 34.5 Å². The van der Waals surface area contributed by atoms with Gasteiger partial charge in [-0.2, -0.15) is 0 Å². The summed E-state index contributed by atoms with van der Waals surface area (Å²) in [6, 6.07) is 5.00. The first kappa shape index (κ1) is 59.1. The third-order valence-corrected chi connectivity index (χ3v) is 17.5. The quantitative estimate of drug-likeness (QED) is 0.0373. The third kappa shape index (κ3) is 15.1. The van der Waals surface area contributed by atoms with Crippen molar-refractivity contribution in [1.29, 1.82) is 0 Å². The number of carbonyl (C=O) groups excluding carboxylic acids is 5. The molecule has 15 nitrogen and oxygen atoms in total. The number of carboxylic acid groups (broad SMARTS) is 1. The van der Waals surface area contributed by atoms with Gasteiger partial charge in [0.05, 0.1) is 49.8 Å². The number of ketones is 4. The Morgan fingerprint density at radius 3 is 2.05 bits per heavy atom. The number of hydrogen-bond donors (Lipinski definition) is 3. The molecule has 0 bridgehead atoms. The molecule has 3 unspecified atom stereocenters. The summed E-state index contributed by atoms with van der Waals surface area (Å²) in [7, 11) is 0. The second kappa shape index (κ2) is 28.3. The first-order valence-electron chi connectivity index (χ1n) is 27.9. The molecule has 3 N–H and O–H groups in total. The Labute approximate surface area is 438 Å². The summed E-state index contributed by atoms with van der Waals surface area (Å²) in [6.07, 6.45) is 19.2. The van der Waals surface area contributed by atoms with Crippen LogP contribution < -0.4 is 4.74 Å². The average Bonchev–Trinajstić information content (AvgIpc) is 3.95. The van der Waals surface area contributed by atoms with E-state index in [2.05, 4.69) is 27.7 Å². The zero-order valence-corrected chi connectivity index (χ0v) is 44.8. The minimum atomic E-state index is -1.08. The Kier molecular flexibility index (Phi) is 22.6. The monoisotopic (exact) mass is 1030 g/mol. The third-order valence-electron chi connectivity index (χ3n) is 17.5. The number of carboxylic acids is 1. The lowest BCUT2D eigenvalue weighted by Gasteiger charge is -2.65. The zero-order chi connectivity index (χ0) is 53.3. The van der Waals surface area contributed by atoms with Gasteiger partial charge in [-0.1, -0.05) is 46.6 Å². The number of carbonyl (C=O) groups is 6. The van der Waals surface area contributed by atoms with Crippen molar-refractivity contribution >= 4 is 41.1 Å². The average molecular weight is 1040 g/mol. The maximum atomic E-state index is 12.6. The summed E-state index contributed by atoms with van der Waals surface area (Å²) >= 11 is 0. The molecular formula is C59H86O15. The highest BCUT2D eigenvalue weighted by atomic mass is 16.5. The molecule has 4 saturated carbocycles. The number of aliphatic hydroxyl groups excluding tert-OH is 1. The Morgan fingerprint density at radius 2 is 1.39 bits per heavy atom. The van der Waals surface area contributed by atoms with Gasteiger partial charge in [0.15, 0.2) is 24.0 Å². The number of fused-ring (bicyclic) bond motifs is 6. The molecule has 5 aliphatic carbocycles. The number of aliphatic carboxylic acids is 1.